The Labute approximate surface area is 331 Å². The Kier molecular flexibility index (Phi) is 6.40. The molecule has 12 rings (SSSR count). The first-order valence-electron chi connectivity index (χ1n) is 19.7. The first-order chi connectivity index (χ1) is 27.2. The highest BCUT2D eigenvalue weighted by Gasteiger charge is 2.36. The number of benzene rings is 9. The quantitative estimate of drug-likeness (QED) is 0.163. The van der Waals surface area contributed by atoms with Gasteiger partial charge in [-0.05, 0) is 137 Å². The lowest BCUT2D eigenvalue weighted by atomic mass is 9.81. The van der Waals surface area contributed by atoms with Crippen molar-refractivity contribution in [1.29, 1.82) is 0 Å². The van der Waals surface area contributed by atoms with Gasteiger partial charge in [0.2, 0.25) is 0 Å². The molecule has 266 valence electrons. The molecule has 0 aliphatic heterocycles. The molecule has 0 bridgehead atoms. The highest BCUT2D eigenvalue weighted by atomic mass is 32.1. The number of nitrogens with zero attached hydrogens (tertiary/aromatic N) is 1. The van der Waals surface area contributed by atoms with Gasteiger partial charge < -0.3 is 4.90 Å². The van der Waals surface area contributed by atoms with Crippen LogP contribution in [0.2, 0.25) is 0 Å². The summed E-state index contributed by atoms with van der Waals surface area (Å²) in [6, 6.07) is 62.0. The molecular formula is C54H39NS. The Morgan fingerprint density at radius 2 is 1.00 bits per heavy atom. The summed E-state index contributed by atoms with van der Waals surface area (Å²) in [7, 11) is 0. The van der Waals surface area contributed by atoms with E-state index in [1.165, 1.54) is 108 Å². The third kappa shape index (κ3) is 4.36. The van der Waals surface area contributed by atoms with Crippen molar-refractivity contribution in [2.75, 3.05) is 4.90 Å². The van der Waals surface area contributed by atoms with E-state index >= 15 is 0 Å². The number of rotatable bonds is 4. The zero-order chi connectivity index (χ0) is 37.5. The van der Waals surface area contributed by atoms with Crippen molar-refractivity contribution in [3.8, 4) is 22.3 Å². The largest absolute Gasteiger partial charge is 0.310 e. The molecule has 0 N–H and O–H groups in total. The first-order valence-corrected chi connectivity index (χ1v) is 20.6. The fraction of sp³-hybridized carbons (Fsp3) is 0.111. The van der Waals surface area contributed by atoms with Crippen molar-refractivity contribution in [1.82, 2.24) is 0 Å². The maximum atomic E-state index is 2.46. The molecule has 10 aromatic rings. The van der Waals surface area contributed by atoms with E-state index in [1.54, 1.807) is 0 Å². The van der Waals surface area contributed by atoms with E-state index in [0.717, 1.165) is 5.69 Å². The van der Waals surface area contributed by atoms with Gasteiger partial charge in [-0.15, -0.1) is 11.3 Å². The molecule has 2 aliphatic rings. The summed E-state index contributed by atoms with van der Waals surface area (Å²) in [5.74, 6) is 0. The van der Waals surface area contributed by atoms with Crippen LogP contribution in [-0.4, -0.2) is 0 Å². The topological polar surface area (TPSA) is 3.24 Å². The Bertz CT molecular complexity index is 3320. The van der Waals surface area contributed by atoms with Crippen molar-refractivity contribution < 1.29 is 0 Å². The number of hydrogen-bond acceptors (Lipinski definition) is 2. The second-order valence-corrected chi connectivity index (χ2v) is 18.1. The SMILES string of the molecule is CC1(C)c2ccccc2-c2ccc(N(c3ccc4cc(-c5cc6c7c(ccc8cccc(c87)C6(C)C)c5)ccc4c3)c3ccc4c(c3)sc3ccccc34)cc21. The van der Waals surface area contributed by atoms with Crippen LogP contribution in [0.15, 0.2) is 164 Å². The minimum absolute atomic E-state index is 0.0406. The third-order valence-electron chi connectivity index (χ3n) is 13.2. The van der Waals surface area contributed by atoms with Crippen molar-refractivity contribution >= 4 is 80.9 Å². The van der Waals surface area contributed by atoms with E-state index in [4.69, 9.17) is 0 Å². The van der Waals surface area contributed by atoms with E-state index in [1.807, 2.05) is 11.3 Å². The van der Waals surface area contributed by atoms with Gasteiger partial charge in [0.05, 0.1) is 0 Å². The smallest absolute Gasteiger partial charge is 0.0476 e. The van der Waals surface area contributed by atoms with Gasteiger partial charge in [0.25, 0.3) is 0 Å². The Morgan fingerprint density at radius 1 is 0.375 bits per heavy atom. The Morgan fingerprint density at radius 3 is 1.93 bits per heavy atom. The van der Waals surface area contributed by atoms with Crippen LogP contribution in [0.4, 0.5) is 17.1 Å². The van der Waals surface area contributed by atoms with Crippen LogP contribution < -0.4 is 4.90 Å². The molecule has 2 aliphatic carbocycles. The van der Waals surface area contributed by atoms with Gasteiger partial charge in [0.1, 0.15) is 0 Å². The number of hydrogen-bond donors (Lipinski definition) is 0. The number of anilines is 3. The normalized spacial score (nSPS) is 14.7. The summed E-state index contributed by atoms with van der Waals surface area (Å²) in [5, 5.41) is 10.6. The highest BCUT2D eigenvalue weighted by molar-refractivity contribution is 7.25. The molecule has 1 heterocycles. The Hall–Kier alpha value is -6.22. The molecule has 2 heteroatoms. The van der Waals surface area contributed by atoms with Crippen molar-refractivity contribution in [3.05, 3.63) is 186 Å². The molecule has 0 saturated carbocycles. The number of thiophene rings is 1. The lowest BCUT2D eigenvalue weighted by molar-refractivity contribution is 0.660. The minimum Gasteiger partial charge on any atom is -0.310 e. The summed E-state index contributed by atoms with van der Waals surface area (Å²) in [4.78, 5) is 2.46. The van der Waals surface area contributed by atoms with Crippen LogP contribution in [-0.2, 0) is 10.8 Å². The fourth-order valence-electron chi connectivity index (χ4n) is 10.3. The average molecular weight is 734 g/mol. The lowest BCUT2D eigenvalue weighted by Gasteiger charge is -2.28. The van der Waals surface area contributed by atoms with Gasteiger partial charge >= 0.3 is 0 Å². The molecule has 9 aromatic carbocycles. The van der Waals surface area contributed by atoms with E-state index in [-0.39, 0.29) is 10.8 Å². The van der Waals surface area contributed by atoms with Crippen LogP contribution in [0, 0.1) is 0 Å². The van der Waals surface area contributed by atoms with E-state index in [9.17, 15) is 0 Å². The highest BCUT2D eigenvalue weighted by Crippen LogP contribution is 2.52. The van der Waals surface area contributed by atoms with Crippen molar-refractivity contribution in [2.24, 2.45) is 0 Å². The summed E-state index contributed by atoms with van der Waals surface area (Å²) in [5.41, 5.74) is 14.2. The zero-order valence-corrected chi connectivity index (χ0v) is 32.8. The molecule has 0 amide bonds. The summed E-state index contributed by atoms with van der Waals surface area (Å²) >= 11 is 1.88. The van der Waals surface area contributed by atoms with Crippen LogP contribution in [0.5, 0.6) is 0 Å². The van der Waals surface area contributed by atoms with Gasteiger partial charge in [-0.1, -0.05) is 131 Å². The van der Waals surface area contributed by atoms with Crippen molar-refractivity contribution in [2.45, 2.75) is 38.5 Å². The second kappa shape index (κ2) is 11.2. The maximum Gasteiger partial charge on any atom is 0.0476 e. The number of fused-ring (bicyclic) bond motifs is 7. The maximum absolute atomic E-state index is 2.46. The minimum atomic E-state index is -0.0883. The molecular weight excluding hydrogens is 695 g/mol. The van der Waals surface area contributed by atoms with Gasteiger partial charge in [-0.3, -0.25) is 0 Å². The predicted molar refractivity (Wildman–Crippen MR) is 242 cm³/mol. The van der Waals surface area contributed by atoms with Gasteiger partial charge in [0, 0.05) is 48.1 Å². The van der Waals surface area contributed by atoms with Crippen LogP contribution in [0.3, 0.4) is 0 Å². The second-order valence-electron chi connectivity index (χ2n) is 17.0. The fourth-order valence-corrected chi connectivity index (χ4v) is 11.4. The summed E-state index contributed by atoms with van der Waals surface area (Å²) < 4.78 is 2.63. The van der Waals surface area contributed by atoms with Gasteiger partial charge in [-0.2, -0.15) is 0 Å². The van der Waals surface area contributed by atoms with Gasteiger partial charge in [0.15, 0.2) is 0 Å². The molecule has 1 nitrogen and oxygen atoms in total. The standard InChI is InChI=1S/C54H39NS/c1-53(2)45-13-7-5-11-41(45)42-24-22-39(30-47(42)53)55(40-23-25-44-43-12-6-8-15-49(43)56-50(44)31-40)38-21-20-33-26-34(17-18-35(33)28-38)37-27-36-19-16-32-10-9-14-46-51(32)52(36)48(29-37)54(46,3)4/h5-31H,1-4H3. The molecule has 0 spiro atoms. The van der Waals surface area contributed by atoms with E-state index in [2.05, 4.69) is 196 Å². The molecule has 0 fully saturated rings. The first kappa shape index (κ1) is 32.1. The lowest BCUT2D eigenvalue weighted by Crippen LogP contribution is -2.16. The average Bonchev–Trinajstić information content (AvgIpc) is 3.79. The third-order valence-corrected chi connectivity index (χ3v) is 14.3. The predicted octanol–water partition coefficient (Wildman–Crippen LogP) is 15.6. The van der Waals surface area contributed by atoms with Crippen LogP contribution in [0.1, 0.15) is 49.9 Å². The molecule has 0 radical (unpaired) electrons. The molecule has 0 unspecified atom stereocenters. The molecule has 0 atom stereocenters. The van der Waals surface area contributed by atoms with E-state index in [0.29, 0.717) is 0 Å². The molecule has 1 aromatic heterocycles. The van der Waals surface area contributed by atoms with E-state index < -0.39 is 0 Å². The summed E-state index contributed by atoms with van der Waals surface area (Å²) in [6.45, 7) is 9.50. The van der Waals surface area contributed by atoms with Gasteiger partial charge in [-0.25, -0.2) is 0 Å². The monoisotopic (exact) mass is 733 g/mol. The molecule has 0 saturated heterocycles. The molecule has 56 heavy (non-hydrogen) atoms. The van der Waals surface area contributed by atoms with Crippen LogP contribution in [0.25, 0.3) is 74.7 Å². The summed E-state index contributed by atoms with van der Waals surface area (Å²) in [6.07, 6.45) is 0. The van der Waals surface area contributed by atoms with Crippen LogP contribution >= 0.6 is 11.3 Å². The zero-order valence-electron chi connectivity index (χ0n) is 31.9. The Balaban J connectivity index is 0.998. The van der Waals surface area contributed by atoms with Crippen molar-refractivity contribution in [3.63, 3.8) is 0 Å².